The molecule has 0 bridgehead atoms. The van der Waals surface area contributed by atoms with E-state index in [1.165, 1.54) is 30.3 Å². The van der Waals surface area contributed by atoms with Gasteiger partial charge < -0.3 is 44.5 Å². The summed E-state index contributed by atoms with van der Waals surface area (Å²) >= 11 is 0. The fraction of sp³-hybridized carbons (Fsp3) is 0.200. The summed E-state index contributed by atoms with van der Waals surface area (Å²) in [7, 11) is 0. The molecule has 46 heavy (non-hydrogen) atoms. The Hall–Kier alpha value is -5.84. The van der Waals surface area contributed by atoms with Gasteiger partial charge in [0.05, 0.1) is 11.5 Å². The van der Waals surface area contributed by atoms with Crippen molar-refractivity contribution in [1.82, 2.24) is 0 Å². The van der Waals surface area contributed by atoms with E-state index in [9.17, 15) is 40.2 Å². The SMILES string of the molecule is CC1(C)CCc2c(cc(O)c3c2O[C@H](c2ccc(O)cc2)[C@@H](c2c(O)cc(O)c4c(=O)cc(-c5ccc(O)c(O)c5)oc24)C3=O)O1. The van der Waals surface area contributed by atoms with Gasteiger partial charge in [-0.2, -0.15) is 0 Å². The maximum atomic E-state index is 14.6. The van der Waals surface area contributed by atoms with Gasteiger partial charge in [-0.1, -0.05) is 12.1 Å². The summed E-state index contributed by atoms with van der Waals surface area (Å²) in [6.45, 7) is 3.82. The van der Waals surface area contributed by atoms with Crippen molar-refractivity contribution < 1.29 is 49.3 Å². The van der Waals surface area contributed by atoms with E-state index in [1.807, 2.05) is 13.8 Å². The van der Waals surface area contributed by atoms with Crippen LogP contribution in [0.15, 0.2) is 69.9 Å². The Balaban J connectivity index is 1.51. The van der Waals surface area contributed by atoms with Crippen molar-refractivity contribution in [2.24, 2.45) is 0 Å². The Kier molecular flexibility index (Phi) is 6.34. The second-order valence-electron chi connectivity index (χ2n) is 12.1. The molecular formula is C35H28O11. The van der Waals surface area contributed by atoms with Crippen LogP contribution in [0.5, 0.6) is 46.0 Å². The Morgan fingerprint density at radius 2 is 1.52 bits per heavy atom. The molecule has 0 radical (unpaired) electrons. The van der Waals surface area contributed by atoms with E-state index in [0.717, 1.165) is 18.2 Å². The Morgan fingerprint density at radius 1 is 0.783 bits per heavy atom. The van der Waals surface area contributed by atoms with Crippen LogP contribution in [0.1, 0.15) is 59.3 Å². The summed E-state index contributed by atoms with van der Waals surface area (Å²) < 4.78 is 18.8. The molecule has 6 N–H and O–H groups in total. The third-order valence-electron chi connectivity index (χ3n) is 8.55. The predicted molar refractivity (Wildman–Crippen MR) is 164 cm³/mol. The van der Waals surface area contributed by atoms with Gasteiger partial charge in [0, 0.05) is 29.3 Å². The van der Waals surface area contributed by atoms with E-state index in [4.69, 9.17) is 13.9 Å². The number of hydrogen-bond acceptors (Lipinski definition) is 11. The number of carbonyl (C=O) groups is 1. The molecule has 2 aliphatic heterocycles. The smallest absolute Gasteiger partial charge is 0.197 e. The molecule has 2 aliphatic rings. The minimum atomic E-state index is -1.43. The number of aromatic hydroxyl groups is 6. The first-order valence-corrected chi connectivity index (χ1v) is 14.5. The van der Waals surface area contributed by atoms with Crippen molar-refractivity contribution >= 4 is 16.8 Å². The molecule has 1 aromatic heterocycles. The lowest BCUT2D eigenvalue weighted by molar-refractivity contribution is 0.0709. The molecule has 0 fully saturated rings. The molecule has 4 aromatic carbocycles. The monoisotopic (exact) mass is 624 g/mol. The van der Waals surface area contributed by atoms with Crippen LogP contribution in [-0.4, -0.2) is 42.0 Å². The summed E-state index contributed by atoms with van der Waals surface area (Å²) in [6.07, 6.45) is -0.0885. The number of phenolic OH excluding ortho intramolecular Hbond substituents is 6. The largest absolute Gasteiger partial charge is 0.508 e. The first-order chi connectivity index (χ1) is 21.8. The zero-order valence-electron chi connectivity index (χ0n) is 24.6. The van der Waals surface area contributed by atoms with Crippen LogP contribution < -0.4 is 14.9 Å². The lowest BCUT2D eigenvalue weighted by atomic mass is 9.78. The Morgan fingerprint density at radius 3 is 2.24 bits per heavy atom. The van der Waals surface area contributed by atoms with Gasteiger partial charge in [-0.15, -0.1) is 0 Å². The van der Waals surface area contributed by atoms with Crippen LogP contribution >= 0.6 is 0 Å². The molecule has 0 unspecified atom stereocenters. The number of fused-ring (bicyclic) bond motifs is 4. The van der Waals surface area contributed by atoms with Crippen LogP contribution in [-0.2, 0) is 6.42 Å². The third kappa shape index (κ3) is 4.50. The first kappa shape index (κ1) is 28.9. The average molecular weight is 625 g/mol. The van der Waals surface area contributed by atoms with E-state index >= 15 is 0 Å². The number of hydrogen-bond donors (Lipinski definition) is 6. The summed E-state index contributed by atoms with van der Waals surface area (Å²) in [6, 6.07) is 13.0. The number of carbonyl (C=O) groups excluding carboxylic acids is 1. The summed E-state index contributed by atoms with van der Waals surface area (Å²) in [4.78, 5) is 28.0. The maximum Gasteiger partial charge on any atom is 0.197 e. The lowest BCUT2D eigenvalue weighted by Crippen LogP contribution is -2.35. The summed E-state index contributed by atoms with van der Waals surface area (Å²) in [5.74, 6) is -4.23. The topological polar surface area (TPSA) is 187 Å². The van der Waals surface area contributed by atoms with E-state index in [2.05, 4.69) is 0 Å². The molecule has 0 saturated carbocycles. The highest BCUT2D eigenvalue weighted by molar-refractivity contribution is 6.09. The van der Waals surface area contributed by atoms with Gasteiger partial charge in [-0.3, -0.25) is 9.59 Å². The number of phenols is 6. The van der Waals surface area contributed by atoms with Gasteiger partial charge in [-0.25, -0.2) is 0 Å². The second-order valence-corrected chi connectivity index (χ2v) is 12.1. The molecule has 234 valence electrons. The number of ketones is 1. The van der Waals surface area contributed by atoms with Crippen LogP contribution in [0.4, 0.5) is 0 Å². The van der Waals surface area contributed by atoms with E-state index in [-0.39, 0.29) is 44.9 Å². The van der Waals surface area contributed by atoms with Crippen molar-refractivity contribution in [1.29, 1.82) is 0 Å². The molecule has 0 spiro atoms. The zero-order valence-corrected chi connectivity index (χ0v) is 24.6. The standard InChI is InChI=1S/C35H28O11/c1-35(2)10-9-18-26(46-35)14-24(42)29-31(43)30(32(45-33(18)29)15-3-6-17(36)7-4-15)28-22(40)12-21(39)27-23(41)13-25(44-34(27)28)16-5-8-19(37)20(38)11-16/h3-8,11-14,30,32,36-40,42H,9-10H2,1-2H3/t30-,32+/m0/s1. The van der Waals surface area contributed by atoms with Crippen molar-refractivity contribution in [3.05, 3.63) is 93.1 Å². The quantitative estimate of drug-likeness (QED) is 0.131. The second kappa shape index (κ2) is 10.1. The van der Waals surface area contributed by atoms with Crippen LogP contribution in [0.2, 0.25) is 0 Å². The van der Waals surface area contributed by atoms with Gasteiger partial charge in [-0.05, 0) is 62.6 Å². The fourth-order valence-electron chi connectivity index (χ4n) is 6.27. The molecule has 5 aromatic rings. The van der Waals surface area contributed by atoms with Gasteiger partial charge in [0.25, 0.3) is 0 Å². The Bertz CT molecular complexity index is 2140. The van der Waals surface area contributed by atoms with Gasteiger partial charge in [0.15, 0.2) is 22.7 Å². The first-order valence-electron chi connectivity index (χ1n) is 14.5. The fourth-order valence-corrected chi connectivity index (χ4v) is 6.27. The van der Waals surface area contributed by atoms with E-state index < -0.39 is 57.6 Å². The van der Waals surface area contributed by atoms with E-state index in [0.29, 0.717) is 29.7 Å². The average Bonchev–Trinajstić information content (AvgIpc) is 2.98. The van der Waals surface area contributed by atoms with Gasteiger partial charge >= 0.3 is 0 Å². The normalized spacial score (nSPS) is 18.3. The number of rotatable bonds is 3. The molecule has 11 heteroatoms. The highest BCUT2D eigenvalue weighted by Gasteiger charge is 2.46. The van der Waals surface area contributed by atoms with Crippen molar-refractivity contribution in [2.45, 2.75) is 44.3 Å². The van der Waals surface area contributed by atoms with Crippen molar-refractivity contribution in [2.75, 3.05) is 0 Å². The molecule has 0 aliphatic carbocycles. The molecule has 3 heterocycles. The van der Waals surface area contributed by atoms with Crippen molar-refractivity contribution in [3.63, 3.8) is 0 Å². The van der Waals surface area contributed by atoms with Crippen LogP contribution in [0, 0.1) is 0 Å². The van der Waals surface area contributed by atoms with Gasteiger partial charge in [0.2, 0.25) is 0 Å². The number of benzene rings is 4. The van der Waals surface area contributed by atoms with E-state index in [1.54, 1.807) is 12.1 Å². The minimum Gasteiger partial charge on any atom is -0.508 e. The Labute approximate surface area is 260 Å². The van der Waals surface area contributed by atoms with Gasteiger partial charge in [0.1, 0.15) is 68.5 Å². The predicted octanol–water partition coefficient (Wildman–Crippen LogP) is 5.90. The van der Waals surface area contributed by atoms with Crippen molar-refractivity contribution in [3.8, 4) is 57.3 Å². The molecule has 2 atom stereocenters. The number of ether oxygens (including phenoxy) is 2. The zero-order chi connectivity index (χ0) is 32.7. The summed E-state index contributed by atoms with van der Waals surface area (Å²) in [5.41, 5.74) is -0.730. The molecule has 7 rings (SSSR count). The highest BCUT2D eigenvalue weighted by atomic mass is 16.5. The maximum absolute atomic E-state index is 14.6. The summed E-state index contributed by atoms with van der Waals surface area (Å²) in [5, 5.41) is 62.8. The highest BCUT2D eigenvalue weighted by Crippen LogP contribution is 2.55. The van der Waals surface area contributed by atoms with Crippen LogP contribution in [0.3, 0.4) is 0 Å². The molecule has 0 saturated heterocycles. The molecule has 0 amide bonds. The third-order valence-corrected chi connectivity index (χ3v) is 8.55. The number of Topliss-reactive ketones (excluding diaryl/α,β-unsaturated/α-hetero) is 1. The lowest BCUT2D eigenvalue weighted by Gasteiger charge is -2.38. The molecule has 11 nitrogen and oxygen atoms in total. The molecular weight excluding hydrogens is 596 g/mol. The minimum absolute atomic E-state index is 0.0424. The van der Waals surface area contributed by atoms with Crippen LogP contribution in [0.25, 0.3) is 22.3 Å².